The second-order valence-corrected chi connectivity index (χ2v) is 6.39. The molecule has 2 unspecified atom stereocenters. The van der Waals surface area contributed by atoms with E-state index in [1.54, 1.807) is 4.90 Å². The molecule has 1 saturated heterocycles. The number of nitrogens with one attached hydrogen (secondary N) is 1. The number of aliphatic carboxylic acids is 1. The van der Waals surface area contributed by atoms with Gasteiger partial charge in [0.15, 0.2) is 0 Å². The van der Waals surface area contributed by atoms with Crippen molar-refractivity contribution in [3.8, 4) is 0 Å². The van der Waals surface area contributed by atoms with E-state index in [0.29, 0.717) is 13.0 Å². The van der Waals surface area contributed by atoms with E-state index >= 15 is 0 Å². The molecule has 2 rings (SSSR count). The fourth-order valence-electron chi connectivity index (χ4n) is 2.95. The minimum absolute atomic E-state index is 0.0372. The number of carbonyl (C=O) groups is 2. The minimum Gasteiger partial charge on any atom is -0.481 e. The van der Waals surface area contributed by atoms with E-state index in [9.17, 15) is 14.7 Å². The monoisotopic (exact) mass is 304 g/mol. The first-order valence-corrected chi connectivity index (χ1v) is 7.71. The Kier molecular flexibility index (Phi) is 5.06. The van der Waals surface area contributed by atoms with Crippen molar-refractivity contribution in [1.29, 1.82) is 0 Å². The van der Waals surface area contributed by atoms with Gasteiger partial charge in [0.25, 0.3) is 0 Å². The molecule has 2 atom stereocenters. The lowest BCUT2D eigenvalue weighted by molar-refractivity contribution is -0.143. The molecular formula is C17H24N2O3. The maximum absolute atomic E-state index is 12.2. The Morgan fingerprint density at radius 3 is 2.64 bits per heavy atom. The summed E-state index contributed by atoms with van der Waals surface area (Å²) < 4.78 is 0. The van der Waals surface area contributed by atoms with Crippen molar-refractivity contribution in [3.63, 3.8) is 0 Å². The number of aryl methyl sites for hydroxylation is 1. The molecule has 0 aromatic heterocycles. The van der Waals surface area contributed by atoms with Crippen molar-refractivity contribution in [3.05, 3.63) is 35.4 Å². The molecule has 1 aliphatic rings. The Morgan fingerprint density at radius 2 is 2.05 bits per heavy atom. The molecule has 2 N–H and O–H groups in total. The highest BCUT2D eigenvalue weighted by Gasteiger charge is 2.34. The smallest absolute Gasteiger partial charge is 0.317 e. The van der Waals surface area contributed by atoms with Gasteiger partial charge in [-0.3, -0.25) is 4.79 Å². The Hall–Kier alpha value is -2.04. The molecule has 120 valence electrons. The number of urea groups is 1. The largest absolute Gasteiger partial charge is 0.481 e. The number of amides is 2. The van der Waals surface area contributed by atoms with E-state index in [1.807, 2.05) is 39.0 Å². The van der Waals surface area contributed by atoms with Crippen LogP contribution in [0.1, 0.15) is 37.3 Å². The van der Waals surface area contributed by atoms with Crippen molar-refractivity contribution < 1.29 is 14.7 Å². The molecule has 1 aliphatic heterocycles. The van der Waals surface area contributed by atoms with Crippen LogP contribution in [0.4, 0.5) is 4.79 Å². The molecule has 5 heteroatoms. The van der Waals surface area contributed by atoms with Crippen LogP contribution in [0.15, 0.2) is 24.3 Å². The quantitative estimate of drug-likeness (QED) is 0.902. The normalized spacial score (nSPS) is 21.7. The number of nitrogens with zero attached hydrogens (tertiary/aromatic N) is 1. The number of benzene rings is 1. The average molecular weight is 304 g/mol. The summed E-state index contributed by atoms with van der Waals surface area (Å²) in [5.74, 6) is -1.29. The predicted molar refractivity (Wildman–Crippen MR) is 84.9 cm³/mol. The van der Waals surface area contributed by atoms with Crippen molar-refractivity contribution >= 4 is 12.0 Å². The molecule has 0 aliphatic carbocycles. The first-order valence-electron chi connectivity index (χ1n) is 7.71. The van der Waals surface area contributed by atoms with E-state index in [-0.39, 0.29) is 24.5 Å². The summed E-state index contributed by atoms with van der Waals surface area (Å²) in [7, 11) is 0. The SMILES string of the molecule is Cc1cccc(C2CC(C(=O)O)CN(C(=O)NC(C)C)C2)c1. The Morgan fingerprint density at radius 1 is 1.32 bits per heavy atom. The maximum atomic E-state index is 12.2. The number of piperidine rings is 1. The third kappa shape index (κ3) is 4.00. The summed E-state index contributed by atoms with van der Waals surface area (Å²) in [6.07, 6.45) is 0.574. The second-order valence-electron chi connectivity index (χ2n) is 6.39. The number of likely N-dealkylation sites (tertiary alicyclic amines) is 1. The summed E-state index contributed by atoms with van der Waals surface area (Å²) in [6.45, 7) is 6.65. The lowest BCUT2D eigenvalue weighted by atomic mass is 9.84. The molecule has 1 aromatic rings. The lowest BCUT2D eigenvalue weighted by Gasteiger charge is -2.36. The van der Waals surface area contributed by atoms with Gasteiger partial charge in [0.05, 0.1) is 5.92 Å². The van der Waals surface area contributed by atoms with E-state index < -0.39 is 11.9 Å². The molecule has 22 heavy (non-hydrogen) atoms. The van der Waals surface area contributed by atoms with Crippen molar-refractivity contribution in [2.75, 3.05) is 13.1 Å². The Balaban J connectivity index is 2.19. The molecule has 1 aromatic carbocycles. The first-order chi connectivity index (χ1) is 10.4. The van der Waals surface area contributed by atoms with Gasteiger partial charge < -0.3 is 15.3 Å². The maximum Gasteiger partial charge on any atom is 0.317 e. The second kappa shape index (κ2) is 6.81. The highest BCUT2D eigenvalue weighted by Crippen LogP contribution is 2.31. The van der Waals surface area contributed by atoms with Crippen molar-refractivity contribution in [1.82, 2.24) is 10.2 Å². The summed E-state index contributed by atoms with van der Waals surface area (Å²) in [4.78, 5) is 25.3. The fraction of sp³-hybridized carbons (Fsp3) is 0.529. The van der Waals surface area contributed by atoms with Gasteiger partial charge in [-0.2, -0.15) is 0 Å². The fourth-order valence-corrected chi connectivity index (χ4v) is 2.95. The van der Waals surface area contributed by atoms with Gasteiger partial charge in [-0.1, -0.05) is 29.8 Å². The third-order valence-corrected chi connectivity index (χ3v) is 4.01. The van der Waals surface area contributed by atoms with Crippen LogP contribution in [-0.4, -0.2) is 41.1 Å². The van der Waals surface area contributed by atoms with Crippen LogP contribution in [-0.2, 0) is 4.79 Å². The minimum atomic E-state index is -0.834. The van der Waals surface area contributed by atoms with E-state index in [2.05, 4.69) is 11.4 Å². The van der Waals surface area contributed by atoms with Gasteiger partial charge in [-0.05, 0) is 32.8 Å². The van der Waals surface area contributed by atoms with Crippen LogP contribution in [0.3, 0.4) is 0 Å². The zero-order chi connectivity index (χ0) is 16.3. The van der Waals surface area contributed by atoms with E-state index in [1.165, 1.54) is 0 Å². The highest BCUT2D eigenvalue weighted by atomic mass is 16.4. The van der Waals surface area contributed by atoms with Gasteiger partial charge in [0.1, 0.15) is 0 Å². The number of carbonyl (C=O) groups excluding carboxylic acids is 1. The van der Waals surface area contributed by atoms with Gasteiger partial charge in [0.2, 0.25) is 0 Å². The Labute approximate surface area is 131 Å². The number of rotatable bonds is 3. The number of carboxylic acids is 1. The predicted octanol–water partition coefficient (Wildman–Crippen LogP) is 2.60. The molecule has 5 nitrogen and oxygen atoms in total. The summed E-state index contributed by atoms with van der Waals surface area (Å²) in [5.41, 5.74) is 2.25. The van der Waals surface area contributed by atoms with Crippen LogP contribution in [0.2, 0.25) is 0 Å². The van der Waals surface area contributed by atoms with Crippen LogP contribution >= 0.6 is 0 Å². The van der Waals surface area contributed by atoms with E-state index in [0.717, 1.165) is 11.1 Å². The standard InChI is InChI=1S/C17H24N2O3/c1-11(2)18-17(22)19-9-14(8-15(10-19)16(20)21)13-6-4-5-12(3)7-13/h4-7,11,14-15H,8-10H2,1-3H3,(H,18,22)(H,20,21). The summed E-state index contributed by atoms with van der Waals surface area (Å²) >= 11 is 0. The number of carboxylic acid groups (broad SMARTS) is 1. The van der Waals surface area contributed by atoms with Gasteiger partial charge in [-0.15, -0.1) is 0 Å². The Bertz CT molecular complexity index is 557. The molecule has 1 heterocycles. The number of hydrogen-bond acceptors (Lipinski definition) is 2. The van der Waals surface area contributed by atoms with Crippen molar-refractivity contribution in [2.24, 2.45) is 5.92 Å². The van der Waals surface area contributed by atoms with Gasteiger partial charge in [-0.25, -0.2) is 4.79 Å². The van der Waals surface area contributed by atoms with Crippen LogP contribution < -0.4 is 5.32 Å². The summed E-state index contributed by atoms with van der Waals surface area (Å²) in [5, 5.41) is 12.2. The molecule has 0 radical (unpaired) electrons. The van der Waals surface area contributed by atoms with Crippen LogP contribution in [0.5, 0.6) is 0 Å². The van der Waals surface area contributed by atoms with Crippen LogP contribution in [0, 0.1) is 12.8 Å². The molecular weight excluding hydrogens is 280 g/mol. The molecule has 0 saturated carbocycles. The lowest BCUT2D eigenvalue weighted by Crippen LogP contribution is -2.50. The first kappa shape index (κ1) is 16.3. The third-order valence-electron chi connectivity index (χ3n) is 4.01. The topological polar surface area (TPSA) is 69.6 Å². The zero-order valence-electron chi connectivity index (χ0n) is 13.4. The van der Waals surface area contributed by atoms with Crippen LogP contribution in [0.25, 0.3) is 0 Å². The van der Waals surface area contributed by atoms with E-state index in [4.69, 9.17) is 0 Å². The zero-order valence-corrected chi connectivity index (χ0v) is 13.4. The number of hydrogen-bond donors (Lipinski definition) is 2. The molecule has 0 spiro atoms. The van der Waals surface area contributed by atoms with Crippen molar-refractivity contribution in [2.45, 2.75) is 39.2 Å². The summed E-state index contributed by atoms with van der Waals surface area (Å²) in [6, 6.07) is 7.94. The molecule has 2 amide bonds. The highest BCUT2D eigenvalue weighted by molar-refractivity contribution is 5.77. The van der Waals surface area contributed by atoms with Gasteiger partial charge in [0, 0.05) is 25.0 Å². The molecule has 0 bridgehead atoms. The molecule has 1 fully saturated rings. The average Bonchev–Trinajstić information content (AvgIpc) is 2.46. The van der Waals surface area contributed by atoms with Gasteiger partial charge >= 0.3 is 12.0 Å².